The van der Waals surface area contributed by atoms with E-state index in [0.29, 0.717) is 6.10 Å². The first-order valence-electron chi connectivity index (χ1n) is 7.93. The van der Waals surface area contributed by atoms with Crippen LogP contribution in [-0.2, 0) is 13.5 Å². The number of benzene rings is 1. The van der Waals surface area contributed by atoms with E-state index in [-0.39, 0.29) is 0 Å². The molecule has 0 N–H and O–H groups in total. The lowest BCUT2D eigenvalue weighted by molar-refractivity contribution is 0.155. The highest BCUT2D eigenvalue weighted by molar-refractivity contribution is 5.62. The van der Waals surface area contributed by atoms with Gasteiger partial charge in [0.05, 0.1) is 11.8 Å². The Bertz CT molecular complexity index is 583. The molecule has 1 aliphatic carbocycles. The highest BCUT2D eigenvalue weighted by Gasteiger charge is 2.15. The monoisotopic (exact) mass is 285 g/mol. The minimum absolute atomic E-state index is 0.396. The molecule has 0 spiro atoms. The Kier molecular flexibility index (Phi) is 4.23. The van der Waals surface area contributed by atoms with Crippen LogP contribution in [0.2, 0.25) is 0 Å². The maximum absolute atomic E-state index is 6.07. The summed E-state index contributed by atoms with van der Waals surface area (Å²) < 4.78 is 7.92. The maximum atomic E-state index is 6.07. The lowest BCUT2D eigenvalue weighted by Crippen LogP contribution is -2.19. The summed E-state index contributed by atoms with van der Waals surface area (Å²) in [5.41, 5.74) is 3.25. The van der Waals surface area contributed by atoms with Crippen LogP contribution in [0.4, 0.5) is 0 Å². The molecule has 4 nitrogen and oxygen atoms in total. The molecular formula is C17H23N3O. The van der Waals surface area contributed by atoms with Crippen LogP contribution in [0.5, 0.6) is 5.75 Å². The van der Waals surface area contributed by atoms with E-state index in [1.54, 1.807) is 0 Å². The quantitative estimate of drug-likeness (QED) is 0.858. The Hall–Kier alpha value is -1.84. The van der Waals surface area contributed by atoms with E-state index in [1.807, 2.05) is 11.7 Å². The largest absolute Gasteiger partial charge is 0.490 e. The van der Waals surface area contributed by atoms with Crippen molar-refractivity contribution >= 4 is 0 Å². The third-order valence-electron chi connectivity index (χ3n) is 4.26. The van der Waals surface area contributed by atoms with Gasteiger partial charge >= 0.3 is 0 Å². The molecule has 0 unspecified atom stereocenters. The van der Waals surface area contributed by atoms with Gasteiger partial charge in [-0.25, -0.2) is 0 Å². The predicted octanol–water partition coefficient (Wildman–Crippen LogP) is 3.76. The number of ether oxygens (including phenoxy) is 1. The summed E-state index contributed by atoms with van der Waals surface area (Å²) in [6, 6.07) is 8.28. The second kappa shape index (κ2) is 6.29. The normalized spacial score (nSPS) is 16.1. The highest BCUT2D eigenvalue weighted by Crippen LogP contribution is 2.27. The number of aromatic nitrogens is 3. The van der Waals surface area contributed by atoms with Crippen LogP contribution in [-0.4, -0.2) is 21.1 Å². The first-order chi connectivity index (χ1) is 10.3. The molecule has 21 heavy (non-hydrogen) atoms. The molecule has 0 amide bonds. The number of rotatable bonds is 4. The standard InChI is InChI=1S/C17H23N3O/c1-3-16-17(18-19-20(16)2)13-9-11-15(12-10-13)21-14-7-5-4-6-8-14/h9-12,14H,3-8H2,1-2H3. The van der Waals surface area contributed by atoms with Crippen LogP contribution in [0.25, 0.3) is 11.3 Å². The number of hydrogen-bond acceptors (Lipinski definition) is 3. The summed E-state index contributed by atoms with van der Waals surface area (Å²) in [6.07, 6.45) is 7.64. The molecule has 0 saturated heterocycles. The summed E-state index contributed by atoms with van der Waals surface area (Å²) in [5.74, 6) is 0.965. The molecule has 0 bridgehead atoms. The van der Waals surface area contributed by atoms with Crippen molar-refractivity contribution in [1.82, 2.24) is 15.0 Å². The van der Waals surface area contributed by atoms with Crippen LogP contribution in [0.3, 0.4) is 0 Å². The molecule has 0 aliphatic heterocycles. The van der Waals surface area contributed by atoms with Gasteiger partial charge in [0.2, 0.25) is 0 Å². The third kappa shape index (κ3) is 3.09. The highest BCUT2D eigenvalue weighted by atomic mass is 16.5. The van der Waals surface area contributed by atoms with Crippen molar-refractivity contribution in [3.8, 4) is 17.0 Å². The Morgan fingerprint density at radius 1 is 1.14 bits per heavy atom. The van der Waals surface area contributed by atoms with E-state index >= 15 is 0 Å². The van der Waals surface area contributed by atoms with Gasteiger partial charge in [0.15, 0.2) is 0 Å². The van der Waals surface area contributed by atoms with E-state index < -0.39 is 0 Å². The van der Waals surface area contributed by atoms with Gasteiger partial charge in [-0.1, -0.05) is 18.6 Å². The Morgan fingerprint density at radius 2 is 1.86 bits per heavy atom. The van der Waals surface area contributed by atoms with Gasteiger partial charge in [0.25, 0.3) is 0 Å². The fourth-order valence-electron chi connectivity index (χ4n) is 3.06. The Balaban J connectivity index is 1.74. The number of hydrogen-bond donors (Lipinski definition) is 0. The zero-order valence-electron chi connectivity index (χ0n) is 12.9. The van der Waals surface area contributed by atoms with Crippen LogP contribution >= 0.6 is 0 Å². The van der Waals surface area contributed by atoms with Crippen LogP contribution in [0.15, 0.2) is 24.3 Å². The maximum Gasteiger partial charge on any atom is 0.119 e. The average molecular weight is 285 g/mol. The molecule has 1 aliphatic rings. The van der Waals surface area contributed by atoms with Gasteiger partial charge in [-0.05, 0) is 56.4 Å². The van der Waals surface area contributed by atoms with E-state index in [4.69, 9.17) is 4.74 Å². The van der Waals surface area contributed by atoms with Crippen molar-refractivity contribution in [3.63, 3.8) is 0 Å². The van der Waals surface area contributed by atoms with Crippen LogP contribution < -0.4 is 4.74 Å². The van der Waals surface area contributed by atoms with Crippen LogP contribution in [0, 0.1) is 0 Å². The zero-order chi connectivity index (χ0) is 14.7. The molecule has 4 heteroatoms. The topological polar surface area (TPSA) is 39.9 Å². The number of nitrogens with zero attached hydrogens (tertiary/aromatic N) is 3. The van der Waals surface area contributed by atoms with Crippen LogP contribution in [0.1, 0.15) is 44.7 Å². The molecule has 1 fully saturated rings. The fraction of sp³-hybridized carbons (Fsp3) is 0.529. The molecule has 1 aromatic carbocycles. The average Bonchev–Trinajstić information content (AvgIpc) is 2.90. The van der Waals surface area contributed by atoms with Gasteiger partial charge in [0, 0.05) is 12.6 Å². The lowest BCUT2D eigenvalue weighted by Gasteiger charge is -2.23. The van der Waals surface area contributed by atoms with E-state index in [2.05, 4.69) is 41.5 Å². The van der Waals surface area contributed by atoms with E-state index in [9.17, 15) is 0 Å². The molecule has 1 aromatic heterocycles. The van der Waals surface area contributed by atoms with Crippen molar-refractivity contribution in [2.45, 2.75) is 51.6 Å². The number of aryl methyl sites for hydroxylation is 1. The van der Waals surface area contributed by atoms with E-state index in [0.717, 1.165) is 29.1 Å². The molecule has 3 rings (SSSR count). The second-order valence-corrected chi connectivity index (χ2v) is 5.76. The van der Waals surface area contributed by atoms with Gasteiger partial charge in [0.1, 0.15) is 11.4 Å². The molecular weight excluding hydrogens is 262 g/mol. The van der Waals surface area contributed by atoms with Crippen molar-refractivity contribution in [2.24, 2.45) is 7.05 Å². The Labute approximate surface area is 126 Å². The fourth-order valence-corrected chi connectivity index (χ4v) is 3.06. The van der Waals surface area contributed by atoms with Gasteiger partial charge in [-0.15, -0.1) is 5.10 Å². The SMILES string of the molecule is CCc1c(-c2ccc(OC3CCCCC3)cc2)nnn1C. The minimum Gasteiger partial charge on any atom is -0.490 e. The van der Waals surface area contributed by atoms with E-state index in [1.165, 1.54) is 32.1 Å². The zero-order valence-corrected chi connectivity index (χ0v) is 12.9. The van der Waals surface area contributed by atoms with Crippen molar-refractivity contribution in [2.75, 3.05) is 0 Å². The minimum atomic E-state index is 0.396. The summed E-state index contributed by atoms with van der Waals surface area (Å²) in [7, 11) is 1.94. The molecule has 0 radical (unpaired) electrons. The third-order valence-corrected chi connectivity index (χ3v) is 4.26. The van der Waals surface area contributed by atoms with Crippen molar-refractivity contribution < 1.29 is 4.74 Å². The first-order valence-corrected chi connectivity index (χ1v) is 7.93. The summed E-state index contributed by atoms with van der Waals surface area (Å²) in [4.78, 5) is 0. The van der Waals surface area contributed by atoms with Gasteiger partial charge < -0.3 is 4.74 Å². The molecule has 1 saturated carbocycles. The smallest absolute Gasteiger partial charge is 0.119 e. The summed E-state index contributed by atoms with van der Waals surface area (Å²) in [6.45, 7) is 2.13. The first kappa shape index (κ1) is 14.1. The lowest BCUT2D eigenvalue weighted by atomic mass is 9.98. The molecule has 112 valence electrons. The summed E-state index contributed by atoms with van der Waals surface area (Å²) in [5, 5.41) is 8.39. The molecule has 2 aromatic rings. The second-order valence-electron chi connectivity index (χ2n) is 5.76. The van der Waals surface area contributed by atoms with Gasteiger partial charge in [-0.3, -0.25) is 4.68 Å². The van der Waals surface area contributed by atoms with Gasteiger partial charge in [-0.2, -0.15) is 0 Å². The van der Waals surface area contributed by atoms with Crippen molar-refractivity contribution in [1.29, 1.82) is 0 Å². The predicted molar refractivity (Wildman–Crippen MR) is 83.3 cm³/mol. The Morgan fingerprint density at radius 3 is 2.52 bits per heavy atom. The molecule has 0 atom stereocenters. The summed E-state index contributed by atoms with van der Waals surface area (Å²) >= 11 is 0. The van der Waals surface area contributed by atoms with Crippen molar-refractivity contribution in [3.05, 3.63) is 30.0 Å². The molecule has 1 heterocycles.